The summed E-state index contributed by atoms with van der Waals surface area (Å²) in [5, 5.41) is 11.7. The Hall–Kier alpha value is -2.11. The van der Waals surface area contributed by atoms with Crippen molar-refractivity contribution < 1.29 is 19.1 Å². The SMILES string of the molecule is C[C@@H]1CN(C(=O)NCc2ccc(F)cc2)C[C@H]1C(=O)O. The van der Waals surface area contributed by atoms with E-state index in [2.05, 4.69) is 5.32 Å². The topological polar surface area (TPSA) is 69.6 Å². The highest BCUT2D eigenvalue weighted by atomic mass is 19.1. The number of urea groups is 1. The van der Waals surface area contributed by atoms with Crippen molar-refractivity contribution in [3.05, 3.63) is 35.6 Å². The zero-order valence-electron chi connectivity index (χ0n) is 11.2. The van der Waals surface area contributed by atoms with Crippen LogP contribution in [-0.2, 0) is 11.3 Å². The van der Waals surface area contributed by atoms with Gasteiger partial charge in [0, 0.05) is 19.6 Å². The fourth-order valence-electron chi connectivity index (χ4n) is 2.35. The van der Waals surface area contributed by atoms with Crippen LogP contribution in [0.15, 0.2) is 24.3 Å². The van der Waals surface area contributed by atoms with Crippen molar-refractivity contribution in [2.45, 2.75) is 13.5 Å². The summed E-state index contributed by atoms with van der Waals surface area (Å²) in [6.07, 6.45) is 0. The molecule has 1 heterocycles. The first kappa shape index (κ1) is 14.3. The van der Waals surface area contributed by atoms with Crippen LogP contribution in [0.1, 0.15) is 12.5 Å². The van der Waals surface area contributed by atoms with Gasteiger partial charge >= 0.3 is 12.0 Å². The van der Waals surface area contributed by atoms with Gasteiger partial charge in [-0.3, -0.25) is 4.79 Å². The van der Waals surface area contributed by atoms with Gasteiger partial charge in [0.2, 0.25) is 0 Å². The Bertz CT molecular complexity index is 504. The molecule has 108 valence electrons. The Balaban J connectivity index is 1.87. The normalized spacial score (nSPS) is 21.8. The van der Waals surface area contributed by atoms with Crippen LogP contribution in [0, 0.1) is 17.7 Å². The number of benzene rings is 1. The van der Waals surface area contributed by atoms with Gasteiger partial charge in [0.05, 0.1) is 5.92 Å². The molecule has 20 heavy (non-hydrogen) atoms. The highest BCUT2D eigenvalue weighted by molar-refractivity contribution is 5.77. The zero-order valence-corrected chi connectivity index (χ0v) is 11.2. The zero-order chi connectivity index (χ0) is 14.7. The molecule has 1 fully saturated rings. The number of hydrogen-bond acceptors (Lipinski definition) is 2. The predicted molar refractivity (Wildman–Crippen MR) is 70.5 cm³/mol. The first-order chi connectivity index (χ1) is 9.47. The Kier molecular flexibility index (Phi) is 4.22. The van der Waals surface area contributed by atoms with Crippen molar-refractivity contribution in [3.63, 3.8) is 0 Å². The third-order valence-electron chi connectivity index (χ3n) is 3.57. The van der Waals surface area contributed by atoms with Crippen molar-refractivity contribution in [1.82, 2.24) is 10.2 Å². The number of carboxylic acids is 1. The van der Waals surface area contributed by atoms with Crippen molar-refractivity contribution in [1.29, 1.82) is 0 Å². The van der Waals surface area contributed by atoms with Gasteiger partial charge in [-0.15, -0.1) is 0 Å². The van der Waals surface area contributed by atoms with E-state index >= 15 is 0 Å². The van der Waals surface area contributed by atoms with Gasteiger partial charge in [0.1, 0.15) is 5.82 Å². The first-order valence-corrected chi connectivity index (χ1v) is 6.47. The molecule has 2 amide bonds. The van der Waals surface area contributed by atoms with Crippen LogP contribution in [-0.4, -0.2) is 35.1 Å². The average molecular weight is 280 g/mol. The van der Waals surface area contributed by atoms with Gasteiger partial charge in [0.25, 0.3) is 0 Å². The molecule has 6 heteroatoms. The molecule has 0 unspecified atom stereocenters. The summed E-state index contributed by atoms with van der Waals surface area (Å²) >= 11 is 0. The fraction of sp³-hybridized carbons (Fsp3) is 0.429. The fourth-order valence-corrected chi connectivity index (χ4v) is 2.35. The van der Waals surface area contributed by atoms with Crippen LogP contribution in [0.2, 0.25) is 0 Å². The van der Waals surface area contributed by atoms with Gasteiger partial charge in [-0.2, -0.15) is 0 Å². The Morgan fingerprint density at radius 2 is 2.00 bits per heavy atom. The molecule has 1 aromatic carbocycles. The van der Waals surface area contributed by atoms with Gasteiger partial charge < -0.3 is 15.3 Å². The minimum atomic E-state index is -0.869. The second-order valence-electron chi connectivity index (χ2n) is 5.11. The average Bonchev–Trinajstić information content (AvgIpc) is 2.80. The molecule has 5 nitrogen and oxygen atoms in total. The summed E-state index contributed by atoms with van der Waals surface area (Å²) in [7, 11) is 0. The lowest BCUT2D eigenvalue weighted by atomic mass is 9.99. The number of carboxylic acid groups (broad SMARTS) is 1. The number of hydrogen-bond donors (Lipinski definition) is 2. The van der Waals surface area contributed by atoms with Crippen LogP contribution in [0.5, 0.6) is 0 Å². The summed E-state index contributed by atoms with van der Waals surface area (Å²) in [6, 6.07) is 5.58. The lowest BCUT2D eigenvalue weighted by Crippen LogP contribution is -2.38. The highest BCUT2D eigenvalue weighted by Crippen LogP contribution is 2.23. The molecule has 2 atom stereocenters. The molecule has 1 saturated heterocycles. The lowest BCUT2D eigenvalue weighted by molar-refractivity contribution is -0.142. The maximum Gasteiger partial charge on any atom is 0.317 e. The third kappa shape index (κ3) is 3.26. The van der Waals surface area contributed by atoms with E-state index in [-0.39, 0.29) is 24.3 Å². The second kappa shape index (κ2) is 5.90. The summed E-state index contributed by atoms with van der Waals surface area (Å²) in [4.78, 5) is 24.5. The minimum absolute atomic E-state index is 0.0518. The van der Waals surface area contributed by atoms with E-state index < -0.39 is 11.9 Å². The van der Waals surface area contributed by atoms with E-state index in [1.165, 1.54) is 17.0 Å². The second-order valence-corrected chi connectivity index (χ2v) is 5.11. The van der Waals surface area contributed by atoms with Crippen LogP contribution < -0.4 is 5.32 Å². The Morgan fingerprint density at radius 1 is 1.35 bits per heavy atom. The molecule has 2 rings (SSSR count). The van der Waals surface area contributed by atoms with Crippen LogP contribution in [0.3, 0.4) is 0 Å². The van der Waals surface area contributed by atoms with E-state index in [4.69, 9.17) is 5.11 Å². The van der Waals surface area contributed by atoms with Crippen molar-refractivity contribution in [2.75, 3.05) is 13.1 Å². The van der Waals surface area contributed by atoms with Crippen molar-refractivity contribution in [3.8, 4) is 0 Å². The highest BCUT2D eigenvalue weighted by Gasteiger charge is 2.36. The number of halogens is 1. The maximum absolute atomic E-state index is 12.7. The molecule has 0 aromatic heterocycles. The molecular formula is C14H17FN2O3. The van der Waals surface area contributed by atoms with Gasteiger partial charge in [-0.05, 0) is 23.6 Å². The van der Waals surface area contributed by atoms with E-state index in [0.717, 1.165) is 5.56 Å². The number of nitrogens with one attached hydrogen (secondary N) is 1. The monoisotopic (exact) mass is 280 g/mol. The summed E-state index contributed by atoms with van der Waals surface area (Å²) < 4.78 is 12.7. The number of rotatable bonds is 3. The number of carbonyl (C=O) groups excluding carboxylic acids is 1. The van der Waals surface area contributed by atoms with E-state index in [1.54, 1.807) is 12.1 Å². The third-order valence-corrected chi connectivity index (χ3v) is 3.57. The van der Waals surface area contributed by atoms with Crippen LogP contribution >= 0.6 is 0 Å². The molecule has 0 aliphatic carbocycles. The standard InChI is InChI=1S/C14H17FN2O3/c1-9-7-17(8-12(9)13(18)19)14(20)16-6-10-2-4-11(15)5-3-10/h2-5,9,12H,6-8H2,1H3,(H,16,20)(H,18,19)/t9-,12-/m1/s1. The molecule has 0 saturated carbocycles. The quantitative estimate of drug-likeness (QED) is 0.885. The lowest BCUT2D eigenvalue weighted by Gasteiger charge is -2.16. The molecule has 2 N–H and O–H groups in total. The molecule has 1 aliphatic heterocycles. The number of nitrogens with zero attached hydrogens (tertiary/aromatic N) is 1. The van der Waals surface area contributed by atoms with Crippen molar-refractivity contribution >= 4 is 12.0 Å². The van der Waals surface area contributed by atoms with E-state index in [9.17, 15) is 14.0 Å². The molecule has 1 aliphatic rings. The van der Waals surface area contributed by atoms with Crippen LogP contribution in [0.25, 0.3) is 0 Å². The Morgan fingerprint density at radius 3 is 2.55 bits per heavy atom. The number of carbonyl (C=O) groups is 2. The number of aliphatic carboxylic acids is 1. The van der Waals surface area contributed by atoms with E-state index in [1.807, 2.05) is 6.92 Å². The molecular weight excluding hydrogens is 263 g/mol. The van der Waals surface area contributed by atoms with Gasteiger partial charge in [-0.1, -0.05) is 19.1 Å². The predicted octanol–water partition coefficient (Wildman–Crippen LogP) is 1.69. The summed E-state index contributed by atoms with van der Waals surface area (Å²) in [6.45, 7) is 2.78. The Labute approximate surface area is 116 Å². The maximum atomic E-state index is 12.7. The molecule has 0 spiro atoms. The van der Waals surface area contributed by atoms with E-state index in [0.29, 0.717) is 13.1 Å². The summed E-state index contributed by atoms with van der Waals surface area (Å²) in [5.41, 5.74) is 0.793. The number of amides is 2. The smallest absolute Gasteiger partial charge is 0.317 e. The van der Waals surface area contributed by atoms with Crippen molar-refractivity contribution in [2.24, 2.45) is 11.8 Å². The van der Waals surface area contributed by atoms with Gasteiger partial charge in [0.15, 0.2) is 0 Å². The minimum Gasteiger partial charge on any atom is -0.481 e. The molecule has 0 bridgehead atoms. The molecule has 0 radical (unpaired) electrons. The molecule has 1 aromatic rings. The summed E-state index contributed by atoms with van der Waals surface area (Å²) in [5.74, 6) is -1.75. The largest absolute Gasteiger partial charge is 0.481 e. The van der Waals surface area contributed by atoms with Crippen LogP contribution in [0.4, 0.5) is 9.18 Å². The number of likely N-dealkylation sites (tertiary alicyclic amines) is 1. The first-order valence-electron chi connectivity index (χ1n) is 6.47. The van der Waals surface area contributed by atoms with Gasteiger partial charge in [-0.25, -0.2) is 9.18 Å².